The molecule has 2 rings (SSSR count). The average Bonchev–Trinajstić information content (AvgIpc) is 2.40. The smallest absolute Gasteiger partial charge is 0.276 e. The molecule has 0 aliphatic heterocycles. The van der Waals surface area contributed by atoms with Gasteiger partial charge >= 0.3 is 0 Å². The Bertz CT molecular complexity index is 634. The van der Waals surface area contributed by atoms with Crippen LogP contribution in [0.3, 0.4) is 0 Å². The van der Waals surface area contributed by atoms with E-state index in [2.05, 4.69) is 27.2 Å². The first kappa shape index (κ1) is 13.5. The van der Waals surface area contributed by atoms with Gasteiger partial charge in [-0.25, -0.2) is 4.68 Å². The summed E-state index contributed by atoms with van der Waals surface area (Å²) in [6, 6.07) is 3.89. The van der Waals surface area contributed by atoms with Crippen molar-refractivity contribution in [1.29, 1.82) is 0 Å². The number of hydrogen-bond donors (Lipinski definition) is 1. The zero-order valence-electron chi connectivity index (χ0n) is 11.7. The number of pyridine rings is 1. The van der Waals surface area contributed by atoms with E-state index in [0.29, 0.717) is 22.8 Å². The summed E-state index contributed by atoms with van der Waals surface area (Å²) in [5, 5.41) is 8.09. The lowest BCUT2D eigenvalue weighted by atomic mass is 10.2. The van der Waals surface area contributed by atoms with Gasteiger partial charge in [-0.05, 0) is 33.2 Å². The van der Waals surface area contributed by atoms with Gasteiger partial charge in [-0.2, -0.15) is 5.10 Å². The molecule has 0 aliphatic carbocycles. The van der Waals surface area contributed by atoms with Crippen LogP contribution in [0.15, 0.2) is 23.1 Å². The molecule has 1 N–H and O–H groups in total. The van der Waals surface area contributed by atoms with Crippen molar-refractivity contribution < 1.29 is 0 Å². The standard InChI is InChI=1S/C13H19N5O/c1-9(17(2)3)8-15-12-11-10(6-5-7-14-11)13(19)18(4)16-12/h5-7,9H,8H2,1-4H3,(H,15,16)/t9-/m1/s1. The summed E-state index contributed by atoms with van der Waals surface area (Å²) in [6.07, 6.45) is 1.67. The number of hydrogen-bond acceptors (Lipinski definition) is 5. The Balaban J connectivity index is 2.38. The maximum Gasteiger partial charge on any atom is 0.276 e. The molecule has 0 radical (unpaired) electrons. The lowest BCUT2D eigenvalue weighted by Crippen LogP contribution is -2.32. The third kappa shape index (κ3) is 2.73. The Morgan fingerprint density at radius 2 is 2.21 bits per heavy atom. The Hall–Kier alpha value is -1.95. The third-order valence-electron chi connectivity index (χ3n) is 3.25. The molecule has 0 aromatic carbocycles. The van der Waals surface area contributed by atoms with Crippen LogP contribution in [0.5, 0.6) is 0 Å². The minimum absolute atomic E-state index is 0.130. The fourth-order valence-electron chi connectivity index (χ4n) is 1.73. The predicted octanol–water partition coefficient (Wildman–Crippen LogP) is 0.690. The molecule has 0 saturated carbocycles. The molecule has 0 unspecified atom stereocenters. The topological polar surface area (TPSA) is 63.1 Å². The van der Waals surface area contributed by atoms with Gasteiger partial charge in [0.15, 0.2) is 5.82 Å². The normalized spacial score (nSPS) is 12.9. The van der Waals surface area contributed by atoms with E-state index in [1.165, 1.54) is 4.68 Å². The fraction of sp³-hybridized carbons (Fsp3) is 0.462. The van der Waals surface area contributed by atoms with E-state index in [1.807, 2.05) is 14.1 Å². The van der Waals surface area contributed by atoms with Gasteiger partial charge in [0.25, 0.3) is 5.56 Å². The summed E-state index contributed by atoms with van der Waals surface area (Å²) in [7, 11) is 5.70. The highest BCUT2D eigenvalue weighted by Crippen LogP contribution is 2.14. The lowest BCUT2D eigenvalue weighted by Gasteiger charge is -2.20. The summed E-state index contributed by atoms with van der Waals surface area (Å²) in [6.45, 7) is 2.86. The van der Waals surface area contributed by atoms with Crippen LogP contribution in [0.2, 0.25) is 0 Å². The first-order valence-corrected chi connectivity index (χ1v) is 6.23. The second-order valence-corrected chi connectivity index (χ2v) is 4.87. The zero-order chi connectivity index (χ0) is 14.0. The van der Waals surface area contributed by atoms with Crippen molar-refractivity contribution in [2.75, 3.05) is 26.0 Å². The third-order valence-corrected chi connectivity index (χ3v) is 3.25. The van der Waals surface area contributed by atoms with E-state index in [-0.39, 0.29) is 5.56 Å². The second kappa shape index (κ2) is 5.36. The number of nitrogens with one attached hydrogen (secondary N) is 1. The molecule has 0 amide bonds. The predicted molar refractivity (Wildman–Crippen MR) is 76.4 cm³/mol. The number of rotatable bonds is 4. The molecule has 6 nitrogen and oxygen atoms in total. The highest BCUT2D eigenvalue weighted by atomic mass is 16.1. The van der Waals surface area contributed by atoms with Crippen molar-refractivity contribution in [2.45, 2.75) is 13.0 Å². The van der Waals surface area contributed by atoms with Crippen molar-refractivity contribution in [2.24, 2.45) is 7.05 Å². The maximum atomic E-state index is 12.0. The van der Waals surface area contributed by atoms with Crippen LogP contribution in [0.25, 0.3) is 10.9 Å². The van der Waals surface area contributed by atoms with Crippen molar-refractivity contribution in [1.82, 2.24) is 19.7 Å². The molecular weight excluding hydrogens is 242 g/mol. The van der Waals surface area contributed by atoms with E-state index >= 15 is 0 Å². The molecule has 2 aromatic heterocycles. The molecule has 102 valence electrons. The molecule has 2 aromatic rings. The van der Waals surface area contributed by atoms with Crippen molar-refractivity contribution in [3.05, 3.63) is 28.7 Å². The van der Waals surface area contributed by atoms with Crippen LogP contribution in [0.1, 0.15) is 6.92 Å². The van der Waals surface area contributed by atoms with Gasteiger partial charge in [0.2, 0.25) is 0 Å². The zero-order valence-corrected chi connectivity index (χ0v) is 11.7. The quantitative estimate of drug-likeness (QED) is 0.877. The van der Waals surface area contributed by atoms with Gasteiger partial charge in [0.05, 0.1) is 5.39 Å². The van der Waals surface area contributed by atoms with Crippen LogP contribution < -0.4 is 10.9 Å². The van der Waals surface area contributed by atoms with Crippen LogP contribution in [-0.4, -0.2) is 46.3 Å². The molecule has 6 heteroatoms. The Morgan fingerprint density at radius 1 is 1.47 bits per heavy atom. The fourth-order valence-corrected chi connectivity index (χ4v) is 1.73. The number of likely N-dealkylation sites (N-methyl/N-ethyl adjacent to an activating group) is 1. The number of aromatic nitrogens is 3. The summed E-state index contributed by atoms with van der Waals surface area (Å²) in [5.74, 6) is 0.645. The monoisotopic (exact) mass is 261 g/mol. The summed E-state index contributed by atoms with van der Waals surface area (Å²) in [4.78, 5) is 18.3. The molecular formula is C13H19N5O. The number of anilines is 1. The first-order chi connectivity index (χ1) is 9.00. The van der Waals surface area contributed by atoms with Gasteiger partial charge in [-0.3, -0.25) is 9.78 Å². The molecule has 0 bridgehead atoms. The van der Waals surface area contributed by atoms with Gasteiger partial charge in [-0.1, -0.05) is 0 Å². The van der Waals surface area contributed by atoms with Gasteiger partial charge < -0.3 is 10.2 Å². The highest BCUT2D eigenvalue weighted by Gasteiger charge is 2.11. The van der Waals surface area contributed by atoms with E-state index in [4.69, 9.17) is 0 Å². The summed E-state index contributed by atoms with van der Waals surface area (Å²) < 4.78 is 1.34. The summed E-state index contributed by atoms with van der Waals surface area (Å²) >= 11 is 0. The molecule has 0 aliphatic rings. The molecule has 2 heterocycles. The van der Waals surface area contributed by atoms with E-state index in [0.717, 1.165) is 6.54 Å². The van der Waals surface area contributed by atoms with Gasteiger partial charge in [-0.15, -0.1) is 0 Å². The van der Waals surface area contributed by atoms with Gasteiger partial charge in [0.1, 0.15) is 5.52 Å². The van der Waals surface area contributed by atoms with Crippen molar-refractivity contribution >= 4 is 16.7 Å². The second-order valence-electron chi connectivity index (χ2n) is 4.87. The largest absolute Gasteiger partial charge is 0.365 e. The van der Waals surface area contributed by atoms with E-state index in [1.54, 1.807) is 25.4 Å². The molecule has 19 heavy (non-hydrogen) atoms. The molecule has 0 spiro atoms. The minimum Gasteiger partial charge on any atom is -0.365 e. The average molecular weight is 261 g/mol. The van der Waals surface area contributed by atoms with Crippen LogP contribution in [0, 0.1) is 0 Å². The number of fused-ring (bicyclic) bond motifs is 1. The molecule has 0 fully saturated rings. The van der Waals surface area contributed by atoms with Gasteiger partial charge in [0, 0.05) is 25.8 Å². The number of nitrogens with zero attached hydrogens (tertiary/aromatic N) is 4. The number of aryl methyl sites for hydroxylation is 1. The maximum absolute atomic E-state index is 12.0. The van der Waals surface area contributed by atoms with Crippen LogP contribution in [0.4, 0.5) is 5.82 Å². The van der Waals surface area contributed by atoms with E-state index in [9.17, 15) is 4.79 Å². The first-order valence-electron chi connectivity index (χ1n) is 6.23. The van der Waals surface area contributed by atoms with E-state index < -0.39 is 0 Å². The Labute approximate surface area is 112 Å². The SMILES string of the molecule is C[C@H](CNc1nn(C)c(=O)c2cccnc12)N(C)C. The molecule has 1 atom stereocenters. The Morgan fingerprint density at radius 3 is 2.89 bits per heavy atom. The molecule has 0 saturated heterocycles. The summed E-state index contributed by atoms with van der Waals surface area (Å²) in [5.41, 5.74) is 0.492. The van der Waals surface area contributed by atoms with Crippen LogP contribution >= 0.6 is 0 Å². The van der Waals surface area contributed by atoms with Crippen molar-refractivity contribution in [3.63, 3.8) is 0 Å². The highest BCUT2D eigenvalue weighted by molar-refractivity contribution is 5.86. The lowest BCUT2D eigenvalue weighted by molar-refractivity contribution is 0.326. The minimum atomic E-state index is -0.130. The Kier molecular flexibility index (Phi) is 3.80. The van der Waals surface area contributed by atoms with Crippen molar-refractivity contribution in [3.8, 4) is 0 Å². The van der Waals surface area contributed by atoms with Crippen LogP contribution in [-0.2, 0) is 7.05 Å².